The third-order valence-corrected chi connectivity index (χ3v) is 3.54. The van der Waals surface area contributed by atoms with Gasteiger partial charge in [-0.15, -0.1) is 0 Å². The Labute approximate surface area is 124 Å². The molecule has 0 bridgehead atoms. The van der Waals surface area contributed by atoms with Crippen LogP contribution in [0.5, 0.6) is 0 Å². The van der Waals surface area contributed by atoms with Crippen molar-refractivity contribution in [3.05, 3.63) is 64.2 Å². The van der Waals surface area contributed by atoms with Crippen LogP contribution in [-0.4, -0.2) is 17.9 Å². The summed E-state index contributed by atoms with van der Waals surface area (Å²) in [6.07, 6.45) is 0. The van der Waals surface area contributed by atoms with E-state index >= 15 is 0 Å². The normalized spacial score (nSPS) is 10.3. The standard InChI is InChI=1S/C16H17ClN2O/c1-11-6-7-13(9-15(11)17)16(20)19(2)10-12-4-3-5-14(18)8-12/h3-9H,10,18H2,1-2H3. The molecule has 0 saturated carbocycles. The zero-order chi connectivity index (χ0) is 14.7. The summed E-state index contributed by atoms with van der Waals surface area (Å²) < 4.78 is 0. The van der Waals surface area contributed by atoms with E-state index < -0.39 is 0 Å². The molecule has 0 spiro atoms. The van der Waals surface area contributed by atoms with Crippen molar-refractivity contribution < 1.29 is 4.79 Å². The predicted molar refractivity (Wildman–Crippen MR) is 82.8 cm³/mol. The molecule has 3 nitrogen and oxygen atoms in total. The van der Waals surface area contributed by atoms with Gasteiger partial charge in [-0.05, 0) is 42.3 Å². The second-order valence-corrected chi connectivity index (χ2v) is 5.28. The Bertz CT molecular complexity index is 640. The molecular formula is C16H17ClN2O. The monoisotopic (exact) mass is 288 g/mol. The lowest BCUT2D eigenvalue weighted by Gasteiger charge is -2.18. The minimum atomic E-state index is -0.0608. The van der Waals surface area contributed by atoms with Crippen LogP contribution in [-0.2, 0) is 6.54 Å². The fraction of sp³-hybridized carbons (Fsp3) is 0.188. The Kier molecular flexibility index (Phi) is 4.30. The van der Waals surface area contributed by atoms with Crippen LogP contribution in [0.3, 0.4) is 0 Å². The molecule has 1 amide bonds. The molecule has 20 heavy (non-hydrogen) atoms. The molecule has 104 valence electrons. The number of hydrogen-bond acceptors (Lipinski definition) is 2. The fourth-order valence-corrected chi connectivity index (χ4v) is 2.16. The van der Waals surface area contributed by atoms with Gasteiger partial charge in [0.2, 0.25) is 0 Å². The lowest BCUT2D eigenvalue weighted by molar-refractivity contribution is 0.0785. The predicted octanol–water partition coefficient (Wildman–Crippen LogP) is 3.50. The van der Waals surface area contributed by atoms with Crippen LogP contribution in [0.1, 0.15) is 21.5 Å². The third kappa shape index (κ3) is 3.31. The van der Waals surface area contributed by atoms with Gasteiger partial charge in [0, 0.05) is 29.9 Å². The van der Waals surface area contributed by atoms with Gasteiger partial charge in [0.05, 0.1) is 0 Å². The zero-order valence-corrected chi connectivity index (χ0v) is 12.3. The van der Waals surface area contributed by atoms with Crippen LogP contribution in [0.4, 0.5) is 5.69 Å². The number of anilines is 1. The summed E-state index contributed by atoms with van der Waals surface area (Å²) in [4.78, 5) is 14.0. The second kappa shape index (κ2) is 5.97. The molecule has 0 saturated heterocycles. The maximum Gasteiger partial charge on any atom is 0.253 e. The number of carbonyl (C=O) groups is 1. The summed E-state index contributed by atoms with van der Waals surface area (Å²) in [7, 11) is 1.76. The van der Waals surface area contributed by atoms with Gasteiger partial charge in [-0.25, -0.2) is 0 Å². The van der Waals surface area contributed by atoms with Crippen LogP contribution < -0.4 is 5.73 Å². The number of rotatable bonds is 3. The first-order chi connectivity index (χ1) is 9.47. The highest BCUT2D eigenvalue weighted by molar-refractivity contribution is 6.31. The van der Waals surface area contributed by atoms with Gasteiger partial charge in [-0.2, -0.15) is 0 Å². The fourth-order valence-electron chi connectivity index (χ4n) is 1.98. The number of hydrogen-bond donors (Lipinski definition) is 1. The number of nitrogen functional groups attached to an aromatic ring is 1. The highest BCUT2D eigenvalue weighted by atomic mass is 35.5. The molecule has 2 N–H and O–H groups in total. The number of halogens is 1. The highest BCUT2D eigenvalue weighted by Gasteiger charge is 2.13. The van der Waals surface area contributed by atoms with Crippen molar-refractivity contribution in [1.29, 1.82) is 0 Å². The summed E-state index contributed by atoms with van der Waals surface area (Å²) >= 11 is 6.06. The van der Waals surface area contributed by atoms with Gasteiger partial charge in [0.25, 0.3) is 5.91 Å². The number of aryl methyl sites for hydroxylation is 1. The molecule has 0 fully saturated rings. The van der Waals surface area contributed by atoms with Gasteiger partial charge in [-0.3, -0.25) is 4.79 Å². The van der Waals surface area contributed by atoms with Gasteiger partial charge >= 0.3 is 0 Å². The van der Waals surface area contributed by atoms with Crippen LogP contribution in [0.2, 0.25) is 5.02 Å². The molecule has 2 rings (SSSR count). The highest BCUT2D eigenvalue weighted by Crippen LogP contribution is 2.18. The minimum Gasteiger partial charge on any atom is -0.399 e. The molecule has 0 atom stereocenters. The number of nitrogens with two attached hydrogens (primary N) is 1. The number of carbonyl (C=O) groups excluding carboxylic acids is 1. The first-order valence-electron chi connectivity index (χ1n) is 6.33. The van der Waals surface area contributed by atoms with E-state index in [1.165, 1.54) is 0 Å². The van der Waals surface area contributed by atoms with Crippen LogP contribution >= 0.6 is 11.6 Å². The first kappa shape index (κ1) is 14.4. The van der Waals surface area contributed by atoms with E-state index in [9.17, 15) is 4.79 Å². The molecule has 0 radical (unpaired) electrons. The summed E-state index contributed by atoms with van der Waals surface area (Å²) in [6.45, 7) is 2.42. The summed E-state index contributed by atoms with van der Waals surface area (Å²) in [6, 6.07) is 12.9. The molecule has 0 unspecified atom stereocenters. The Morgan fingerprint density at radius 3 is 2.65 bits per heavy atom. The molecule has 4 heteroatoms. The van der Waals surface area contributed by atoms with Crippen molar-refractivity contribution >= 4 is 23.2 Å². The third-order valence-electron chi connectivity index (χ3n) is 3.14. The van der Waals surface area contributed by atoms with Gasteiger partial charge in [0.1, 0.15) is 0 Å². The van der Waals surface area contributed by atoms with Crippen LogP contribution in [0.25, 0.3) is 0 Å². The first-order valence-corrected chi connectivity index (χ1v) is 6.71. The molecule has 2 aromatic carbocycles. The maximum absolute atomic E-state index is 12.3. The van der Waals surface area contributed by atoms with Gasteiger partial charge in [-0.1, -0.05) is 29.8 Å². The zero-order valence-electron chi connectivity index (χ0n) is 11.6. The van der Waals surface area contributed by atoms with Crippen molar-refractivity contribution in [1.82, 2.24) is 4.90 Å². The van der Waals surface area contributed by atoms with Crippen molar-refractivity contribution in [3.63, 3.8) is 0 Å². The second-order valence-electron chi connectivity index (χ2n) is 4.87. The van der Waals surface area contributed by atoms with E-state index in [-0.39, 0.29) is 5.91 Å². The Morgan fingerprint density at radius 2 is 2.00 bits per heavy atom. The summed E-state index contributed by atoms with van der Waals surface area (Å²) in [5, 5.41) is 0.605. The van der Waals surface area contributed by atoms with Crippen LogP contribution in [0, 0.1) is 6.92 Å². The minimum absolute atomic E-state index is 0.0608. The summed E-state index contributed by atoms with van der Waals surface area (Å²) in [5.74, 6) is -0.0608. The number of nitrogens with zero attached hydrogens (tertiary/aromatic N) is 1. The summed E-state index contributed by atoms with van der Waals surface area (Å²) in [5.41, 5.74) is 8.98. The Morgan fingerprint density at radius 1 is 1.25 bits per heavy atom. The molecule has 0 aliphatic rings. The van der Waals surface area contributed by atoms with Crippen molar-refractivity contribution in [2.45, 2.75) is 13.5 Å². The van der Waals surface area contributed by atoms with Crippen molar-refractivity contribution in [3.8, 4) is 0 Å². The largest absolute Gasteiger partial charge is 0.399 e. The maximum atomic E-state index is 12.3. The van der Waals surface area contributed by atoms with E-state index in [4.69, 9.17) is 17.3 Å². The average Bonchev–Trinajstić information content (AvgIpc) is 2.41. The number of amides is 1. The molecule has 2 aromatic rings. The van der Waals surface area contributed by atoms with Crippen LogP contribution in [0.15, 0.2) is 42.5 Å². The Balaban J connectivity index is 2.14. The van der Waals surface area contributed by atoms with E-state index in [1.54, 1.807) is 24.1 Å². The average molecular weight is 289 g/mol. The number of benzene rings is 2. The van der Waals surface area contributed by atoms with E-state index in [0.717, 1.165) is 11.1 Å². The van der Waals surface area contributed by atoms with Gasteiger partial charge in [0.15, 0.2) is 0 Å². The van der Waals surface area contributed by atoms with Crippen molar-refractivity contribution in [2.75, 3.05) is 12.8 Å². The Hall–Kier alpha value is -2.00. The SMILES string of the molecule is Cc1ccc(C(=O)N(C)Cc2cccc(N)c2)cc1Cl. The molecular weight excluding hydrogens is 272 g/mol. The van der Waals surface area contributed by atoms with E-state index in [0.29, 0.717) is 22.8 Å². The smallest absolute Gasteiger partial charge is 0.253 e. The lowest BCUT2D eigenvalue weighted by atomic mass is 10.1. The van der Waals surface area contributed by atoms with E-state index in [1.807, 2.05) is 37.3 Å². The molecule has 0 aromatic heterocycles. The molecule has 0 aliphatic carbocycles. The molecule has 0 aliphatic heterocycles. The topological polar surface area (TPSA) is 46.3 Å². The van der Waals surface area contributed by atoms with E-state index in [2.05, 4.69) is 0 Å². The van der Waals surface area contributed by atoms with Crippen molar-refractivity contribution in [2.24, 2.45) is 0 Å². The molecule has 0 heterocycles. The van der Waals surface area contributed by atoms with Gasteiger partial charge < -0.3 is 10.6 Å². The quantitative estimate of drug-likeness (QED) is 0.879. The lowest BCUT2D eigenvalue weighted by Crippen LogP contribution is -2.26.